The summed E-state index contributed by atoms with van der Waals surface area (Å²) in [6.45, 7) is 8.90. The molecule has 2 aliphatic rings. The molecule has 0 radical (unpaired) electrons. The Balaban J connectivity index is 2.06. The number of hydrogen-bond donors (Lipinski definition) is 1. The highest BCUT2D eigenvalue weighted by Gasteiger charge is 2.56. The van der Waals surface area contributed by atoms with Gasteiger partial charge in [-0.1, -0.05) is 0 Å². The first kappa shape index (κ1) is 9.97. The number of carbonyl (C=O) groups is 1. The van der Waals surface area contributed by atoms with Crippen molar-refractivity contribution in [3.05, 3.63) is 0 Å². The van der Waals surface area contributed by atoms with Crippen LogP contribution in [0.15, 0.2) is 0 Å². The molecular formula is C11H20N2O. The summed E-state index contributed by atoms with van der Waals surface area (Å²) in [5.41, 5.74) is 0.656. The molecule has 2 fully saturated rings. The quantitative estimate of drug-likeness (QED) is 0.668. The average Bonchev–Trinajstić information content (AvgIpc) is 2.71. The highest BCUT2D eigenvalue weighted by atomic mass is 16.1. The molecule has 1 aliphatic carbocycles. The number of hydrogen-bond acceptors (Lipinski definition) is 2. The van der Waals surface area contributed by atoms with E-state index in [0.717, 1.165) is 19.5 Å². The van der Waals surface area contributed by atoms with Crippen molar-refractivity contribution in [1.29, 1.82) is 0 Å². The second-order valence-corrected chi connectivity index (χ2v) is 5.75. The van der Waals surface area contributed by atoms with Gasteiger partial charge in [0.15, 0.2) is 0 Å². The Morgan fingerprint density at radius 2 is 2.07 bits per heavy atom. The van der Waals surface area contributed by atoms with Crippen LogP contribution in [-0.2, 0) is 4.79 Å². The minimum Gasteiger partial charge on any atom is -0.354 e. The van der Waals surface area contributed by atoms with Crippen LogP contribution in [0.5, 0.6) is 0 Å². The number of likely N-dealkylation sites (tertiary alicyclic amines) is 1. The Hall–Kier alpha value is -0.570. The predicted molar refractivity (Wildman–Crippen MR) is 56.0 cm³/mol. The summed E-state index contributed by atoms with van der Waals surface area (Å²) in [5.74, 6) is 0. The Kier molecular flexibility index (Phi) is 2.11. The molecule has 14 heavy (non-hydrogen) atoms. The smallest absolute Gasteiger partial charge is 0.207 e. The van der Waals surface area contributed by atoms with Crippen molar-refractivity contribution >= 4 is 6.41 Å². The molecule has 80 valence electrons. The van der Waals surface area contributed by atoms with Crippen LogP contribution in [0.25, 0.3) is 0 Å². The molecule has 2 rings (SSSR count). The lowest BCUT2D eigenvalue weighted by molar-refractivity contribution is -0.110. The number of nitrogens with zero attached hydrogens (tertiary/aromatic N) is 1. The predicted octanol–water partition coefficient (Wildman–Crippen LogP) is 0.995. The lowest BCUT2D eigenvalue weighted by Gasteiger charge is -2.31. The third-order valence-electron chi connectivity index (χ3n) is 3.76. The van der Waals surface area contributed by atoms with Crippen LogP contribution in [-0.4, -0.2) is 36.0 Å². The van der Waals surface area contributed by atoms with E-state index in [1.165, 1.54) is 12.8 Å². The molecule has 1 spiro atoms. The van der Waals surface area contributed by atoms with E-state index in [2.05, 4.69) is 31.0 Å². The van der Waals surface area contributed by atoms with E-state index < -0.39 is 0 Å². The van der Waals surface area contributed by atoms with Crippen LogP contribution in [0.4, 0.5) is 0 Å². The van der Waals surface area contributed by atoms with Gasteiger partial charge < -0.3 is 5.32 Å². The summed E-state index contributed by atoms with van der Waals surface area (Å²) >= 11 is 0. The Morgan fingerprint density at radius 1 is 1.43 bits per heavy atom. The fraction of sp³-hybridized carbons (Fsp3) is 0.909. The van der Waals surface area contributed by atoms with E-state index in [9.17, 15) is 4.79 Å². The van der Waals surface area contributed by atoms with Gasteiger partial charge in [0.1, 0.15) is 0 Å². The van der Waals surface area contributed by atoms with Gasteiger partial charge in [0.05, 0.1) is 0 Å². The maximum atomic E-state index is 10.5. The van der Waals surface area contributed by atoms with Gasteiger partial charge in [0.25, 0.3) is 0 Å². The molecule has 1 atom stereocenters. The van der Waals surface area contributed by atoms with Crippen molar-refractivity contribution in [2.24, 2.45) is 5.41 Å². The average molecular weight is 196 g/mol. The monoisotopic (exact) mass is 196 g/mol. The van der Waals surface area contributed by atoms with Gasteiger partial charge in [-0.15, -0.1) is 0 Å². The zero-order valence-electron chi connectivity index (χ0n) is 9.34. The molecule has 0 aromatic heterocycles. The summed E-state index contributed by atoms with van der Waals surface area (Å²) in [4.78, 5) is 13.0. The first-order valence-corrected chi connectivity index (χ1v) is 5.43. The van der Waals surface area contributed by atoms with E-state index in [1.807, 2.05) is 0 Å². The molecule has 1 N–H and O–H groups in total. The summed E-state index contributed by atoms with van der Waals surface area (Å²) in [5, 5.41) is 2.98. The van der Waals surface area contributed by atoms with Crippen LogP contribution >= 0.6 is 0 Å². The number of amides is 1. The van der Waals surface area contributed by atoms with E-state index >= 15 is 0 Å². The van der Waals surface area contributed by atoms with Crippen molar-refractivity contribution in [3.8, 4) is 0 Å². The number of carbonyl (C=O) groups excluding carboxylic acids is 1. The molecule has 1 unspecified atom stereocenters. The Labute approximate surface area is 85.8 Å². The minimum atomic E-state index is 0.231. The standard InChI is InChI=1S/C11H20N2O/c1-10(2,3)13-6-9(12-8-14)11(7-13)4-5-11/h8-9H,4-7H2,1-3H3,(H,12,14). The van der Waals surface area contributed by atoms with Gasteiger partial charge in [0, 0.05) is 30.1 Å². The lowest BCUT2D eigenvalue weighted by Crippen LogP contribution is -2.41. The molecule has 0 aromatic rings. The molecule has 1 saturated heterocycles. The zero-order chi connectivity index (χ0) is 10.4. The normalized spacial score (nSPS) is 30.6. The maximum absolute atomic E-state index is 10.5. The summed E-state index contributed by atoms with van der Waals surface area (Å²) in [6.07, 6.45) is 3.42. The molecule has 3 heteroatoms. The van der Waals surface area contributed by atoms with E-state index in [-0.39, 0.29) is 5.54 Å². The highest BCUT2D eigenvalue weighted by molar-refractivity contribution is 5.47. The Bertz CT molecular complexity index is 240. The molecule has 1 aliphatic heterocycles. The lowest BCUT2D eigenvalue weighted by atomic mass is 10.0. The van der Waals surface area contributed by atoms with E-state index in [4.69, 9.17) is 0 Å². The minimum absolute atomic E-state index is 0.231. The van der Waals surface area contributed by atoms with Crippen LogP contribution in [0.1, 0.15) is 33.6 Å². The third-order valence-corrected chi connectivity index (χ3v) is 3.76. The third kappa shape index (κ3) is 1.54. The SMILES string of the molecule is CC(C)(C)N1CC(NC=O)C2(CC2)C1. The van der Waals surface area contributed by atoms with Gasteiger partial charge in [-0.05, 0) is 33.6 Å². The molecule has 1 saturated carbocycles. The van der Waals surface area contributed by atoms with Crippen molar-refractivity contribution in [1.82, 2.24) is 10.2 Å². The van der Waals surface area contributed by atoms with Gasteiger partial charge in [-0.2, -0.15) is 0 Å². The summed E-state index contributed by atoms with van der Waals surface area (Å²) in [7, 11) is 0. The zero-order valence-corrected chi connectivity index (χ0v) is 9.34. The van der Waals surface area contributed by atoms with Crippen molar-refractivity contribution < 1.29 is 4.79 Å². The van der Waals surface area contributed by atoms with Crippen molar-refractivity contribution in [2.45, 2.75) is 45.2 Å². The van der Waals surface area contributed by atoms with Gasteiger partial charge in [-0.25, -0.2) is 0 Å². The molecule has 0 bridgehead atoms. The summed E-state index contributed by atoms with van der Waals surface area (Å²) < 4.78 is 0. The van der Waals surface area contributed by atoms with Gasteiger partial charge in [0.2, 0.25) is 6.41 Å². The van der Waals surface area contributed by atoms with Crippen LogP contribution in [0, 0.1) is 5.41 Å². The molecule has 1 amide bonds. The van der Waals surface area contributed by atoms with E-state index in [0.29, 0.717) is 11.5 Å². The molecule has 0 aromatic carbocycles. The van der Waals surface area contributed by atoms with Crippen LogP contribution in [0.3, 0.4) is 0 Å². The fourth-order valence-electron chi connectivity index (χ4n) is 2.46. The molecule has 3 nitrogen and oxygen atoms in total. The fourth-order valence-corrected chi connectivity index (χ4v) is 2.46. The first-order valence-electron chi connectivity index (χ1n) is 5.43. The number of rotatable bonds is 2. The largest absolute Gasteiger partial charge is 0.354 e. The van der Waals surface area contributed by atoms with Crippen LogP contribution < -0.4 is 5.32 Å². The Morgan fingerprint density at radius 3 is 2.50 bits per heavy atom. The molecular weight excluding hydrogens is 176 g/mol. The van der Waals surface area contributed by atoms with Crippen molar-refractivity contribution in [3.63, 3.8) is 0 Å². The van der Waals surface area contributed by atoms with Gasteiger partial charge >= 0.3 is 0 Å². The van der Waals surface area contributed by atoms with Crippen molar-refractivity contribution in [2.75, 3.05) is 13.1 Å². The number of nitrogens with one attached hydrogen (secondary N) is 1. The molecule has 1 heterocycles. The second-order valence-electron chi connectivity index (χ2n) is 5.75. The maximum Gasteiger partial charge on any atom is 0.207 e. The van der Waals surface area contributed by atoms with E-state index in [1.54, 1.807) is 0 Å². The second kappa shape index (κ2) is 2.96. The highest BCUT2D eigenvalue weighted by Crippen LogP contribution is 2.53. The van der Waals surface area contributed by atoms with Gasteiger partial charge in [-0.3, -0.25) is 9.69 Å². The first-order chi connectivity index (χ1) is 6.48. The topological polar surface area (TPSA) is 32.3 Å². The van der Waals surface area contributed by atoms with Crippen LogP contribution in [0.2, 0.25) is 0 Å². The summed E-state index contributed by atoms with van der Waals surface area (Å²) in [6, 6.07) is 0.388.